The molecule has 2 aliphatic heterocycles. The van der Waals surface area contributed by atoms with Gasteiger partial charge in [-0.05, 0) is 42.5 Å². The molecule has 5 rings (SSSR count). The number of anilines is 3. The predicted octanol–water partition coefficient (Wildman–Crippen LogP) is 4.90. The van der Waals surface area contributed by atoms with Gasteiger partial charge < -0.3 is 24.2 Å². The Morgan fingerprint density at radius 1 is 1.03 bits per heavy atom. The Bertz CT molecular complexity index is 1130. The van der Waals surface area contributed by atoms with Crippen LogP contribution in [0, 0.1) is 0 Å². The van der Waals surface area contributed by atoms with E-state index in [1.165, 1.54) is 11.3 Å². The molecular formula is C24H24ClN3O3S. The number of amides is 1. The van der Waals surface area contributed by atoms with Crippen molar-refractivity contribution in [2.24, 2.45) is 0 Å². The number of piperazine rings is 1. The van der Waals surface area contributed by atoms with Gasteiger partial charge in [0.2, 0.25) is 0 Å². The van der Waals surface area contributed by atoms with Gasteiger partial charge in [0.15, 0.2) is 0 Å². The van der Waals surface area contributed by atoms with E-state index in [9.17, 15) is 4.79 Å². The van der Waals surface area contributed by atoms with Crippen molar-refractivity contribution in [3.8, 4) is 11.5 Å². The van der Waals surface area contributed by atoms with Gasteiger partial charge in [0.25, 0.3) is 5.91 Å². The highest BCUT2D eigenvalue weighted by molar-refractivity contribution is 7.18. The van der Waals surface area contributed by atoms with Crippen molar-refractivity contribution < 1.29 is 14.3 Å². The molecule has 2 aliphatic rings. The van der Waals surface area contributed by atoms with E-state index in [1.807, 2.05) is 53.4 Å². The average molecular weight is 470 g/mol. The fourth-order valence-corrected chi connectivity index (χ4v) is 5.32. The Labute approximate surface area is 196 Å². The molecular weight excluding hydrogens is 446 g/mol. The molecule has 32 heavy (non-hydrogen) atoms. The van der Waals surface area contributed by atoms with Gasteiger partial charge in [0.1, 0.15) is 18.1 Å². The first-order valence-electron chi connectivity index (χ1n) is 10.6. The van der Waals surface area contributed by atoms with Gasteiger partial charge in [-0.25, -0.2) is 0 Å². The minimum Gasteiger partial charge on any atom is -0.497 e. The number of ether oxygens (including phenoxy) is 2. The van der Waals surface area contributed by atoms with Crippen LogP contribution in [0.2, 0.25) is 5.02 Å². The summed E-state index contributed by atoms with van der Waals surface area (Å²) in [5.41, 5.74) is 2.07. The Morgan fingerprint density at radius 3 is 2.69 bits per heavy atom. The molecule has 1 fully saturated rings. The fourth-order valence-electron chi connectivity index (χ4n) is 4.14. The molecule has 1 aromatic heterocycles. The highest BCUT2D eigenvalue weighted by Gasteiger charge is 2.26. The van der Waals surface area contributed by atoms with Gasteiger partial charge in [-0.3, -0.25) is 4.79 Å². The number of halogens is 1. The van der Waals surface area contributed by atoms with Gasteiger partial charge in [0.05, 0.1) is 29.2 Å². The number of nitrogens with zero attached hydrogens (tertiary/aromatic N) is 3. The van der Waals surface area contributed by atoms with E-state index in [0.29, 0.717) is 24.7 Å². The minimum atomic E-state index is 0.0890. The first kappa shape index (κ1) is 21.0. The summed E-state index contributed by atoms with van der Waals surface area (Å²) in [7, 11) is 1.68. The van der Waals surface area contributed by atoms with Crippen LogP contribution in [0.1, 0.15) is 9.67 Å². The molecule has 1 amide bonds. The lowest BCUT2D eigenvalue weighted by Crippen LogP contribution is -2.48. The van der Waals surface area contributed by atoms with Crippen LogP contribution in [0.25, 0.3) is 0 Å². The summed E-state index contributed by atoms with van der Waals surface area (Å²) in [6.45, 7) is 4.31. The standard InChI is InChI=1S/C24H24ClN3O3S/c1-30-19-4-2-3-18(16-19)26-9-11-27(12-10-26)24(29)22-7-8-23(32-22)28-13-14-31-21-6-5-17(25)15-20(21)28/h2-8,15-16H,9-14H2,1H3. The molecule has 0 bridgehead atoms. The molecule has 2 aromatic carbocycles. The van der Waals surface area contributed by atoms with E-state index < -0.39 is 0 Å². The first-order valence-corrected chi connectivity index (χ1v) is 11.8. The van der Waals surface area contributed by atoms with E-state index in [0.717, 1.165) is 52.4 Å². The lowest BCUT2D eigenvalue weighted by atomic mass is 10.2. The van der Waals surface area contributed by atoms with Crippen molar-refractivity contribution >= 4 is 45.2 Å². The molecule has 0 N–H and O–H groups in total. The van der Waals surface area contributed by atoms with Gasteiger partial charge in [0, 0.05) is 43.0 Å². The monoisotopic (exact) mass is 469 g/mol. The summed E-state index contributed by atoms with van der Waals surface area (Å²) >= 11 is 7.73. The summed E-state index contributed by atoms with van der Waals surface area (Å²) in [6, 6.07) is 17.6. The Kier molecular flexibility index (Phi) is 5.85. The third kappa shape index (κ3) is 4.10. The lowest BCUT2D eigenvalue weighted by molar-refractivity contribution is 0.0751. The number of hydrogen-bond acceptors (Lipinski definition) is 6. The van der Waals surface area contributed by atoms with E-state index in [-0.39, 0.29) is 5.91 Å². The van der Waals surface area contributed by atoms with E-state index in [1.54, 1.807) is 7.11 Å². The van der Waals surface area contributed by atoms with Crippen molar-refractivity contribution in [1.29, 1.82) is 0 Å². The molecule has 0 spiro atoms. The van der Waals surface area contributed by atoms with Crippen LogP contribution in [0.4, 0.5) is 16.4 Å². The number of hydrogen-bond donors (Lipinski definition) is 0. The quantitative estimate of drug-likeness (QED) is 0.543. The average Bonchev–Trinajstić information content (AvgIpc) is 3.33. The summed E-state index contributed by atoms with van der Waals surface area (Å²) in [6.07, 6.45) is 0. The largest absolute Gasteiger partial charge is 0.497 e. The molecule has 6 nitrogen and oxygen atoms in total. The minimum absolute atomic E-state index is 0.0890. The summed E-state index contributed by atoms with van der Waals surface area (Å²) < 4.78 is 11.1. The molecule has 1 saturated heterocycles. The number of carbonyl (C=O) groups is 1. The third-order valence-corrected chi connectivity index (χ3v) is 7.17. The normalized spacial score (nSPS) is 15.9. The van der Waals surface area contributed by atoms with Crippen molar-refractivity contribution in [3.05, 3.63) is 64.5 Å². The first-order chi connectivity index (χ1) is 15.6. The zero-order valence-electron chi connectivity index (χ0n) is 17.8. The lowest BCUT2D eigenvalue weighted by Gasteiger charge is -2.36. The molecule has 0 saturated carbocycles. The van der Waals surface area contributed by atoms with Crippen LogP contribution in [0.5, 0.6) is 11.5 Å². The SMILES string of the molecule is COc1cccc(N2CCN(C(=O)c3ccc(N4CCOc5ccc(Cl)cc54)s3)CC2)c1. The predicted molar refractivity (Wildman–Crippen MR) is 129 cm³/mol. The van der Waals surface area contributed by atoms with E-state index in [4.69, 9.17) is 21.1 Å². The molecule has 3 heterocycles. The summed E-state index contributed by atoms with van der Waals surface area (Å²) in [4.78, 5) is 20.3. The molecule has 0 atom stereocenters. The topological polar surface area (TPSA) is 45.2 Å². The van der Waals surface area contributed by atoms with Gasteiger partial charge >= 0.3 is 0 Å². The molecule has 3 aromatic rings. The van der Waals surface area contributed by atoms with E-state index >= 15 is 0 Å². The van der Waals surface area contributed by atoms with Gasteiger partial charge in [-0.1, -0.05) is 17.7 Å². The van der Waals surface area contributed by atoms with Crippen LogP contribution in [0.15, 0.2) is 54.6 Å². The number of methoxy groups -OCH3 is 1. The van der Waals surface area contributed by atoms with Crippen LogP contribution >= 0.6 is 22.9 Å². The van der Waals surface area contributed by atoms with Crippen molar-refractivity contribution in [3.63, 3.8) is 0 Å². The van der Waals surface area contributed by atoms with Crippen molar-refractivity contribution in [2.45, 2.75) is 0 Å². The molecule has 0 aliphatic carbocycles. The smallest absolute Gasteiger partial charge is 0.264 e. The highest BCUT2D eigenvalue weighted by atomic mass is 35.5. The second-order valence-electron chi connectivity index (χ2n) is 7.73. The molecule has 0 radical (unpaired) electrons. The number of carbonyl (C=O) groups excluding carboxylic acids is 1. The maximum atomic E-state index is 13.2. The Hall–Kier alpha value is -2.90. The van der Waals surface area contributed by atoms with Gasteiger partial charge in [-0.15, -0.1) is 11.3 Å². The molecule has 0 unspecified atom stereocenters. The van der Waals surface area contributed by atoms with E-state index in [2.05, 4.69) is 15.9 Å². The molecule has 8 heteroatoms. The van der Waals surface area contributed by atoms with Crippen molar-refractivity contribution in [1.82, 2.24) is 4.90 Å². The number of thiophene rings is 1. The number of benzene rings is 2. The Balaban J connectivity index is 1.27. The highest BCUT2D eigenvalue weighted by Crippen LogP contribution is 2.41. The number of rotatable bonds is 4. The molecule has 166 valence electrons. The fraction of sp³-hybridized carbons (Fsp3) is 0.292. The van der Waals surface area contributed by atoms with Crippen LogP contribution in [-0.2, 0) is 0 Å². The summed E-state index contributed by atoms with van der Waals surface area (Å²) in [5.74, 6) is 1.75. The third-order valence-electron chi connectivity index (χ3n) is 5.84. The maximum Gasteiger partial charge on any atom is 0.264 e. The van der Waals surface area contributed by atoms with Gasteiger partial charge in [-0.2, -0.15) is 0 Å². The Morgan fingerprint density at radius 2 is 1.88 bits per heavy atom. The van der Waals surface area contributed by atoms with Crippen LogP contribution in [-0.4, -0.2) is 57.2 Å². The van der Waals surface area contributed by atoms with Crippen LogP contribution < -0.4 is 19.3 Å². The van der Waals surface area contributed by atoms with Crippen molar-refractivity contribution in [2.75, 3.05) is 56.2 Å². The summed E-state index contributed by atoms with van der Waals surface area (Å²) in [5, 5.41) is 1.69. The number of fused-ring (bicyclic) bond motifs is 1. The zero-order valence-corrected chi connectivity index (χ0v) is 19.4. The zero-order chi connectivity index (χ0) is 22.1. The van der Waals surface area contributed by atoms with Crippen LogP contribution in [0.3, 0.4) is 0 Å². The maximum absolute atomic E-state index is 13.2. The second kappa shape index (κ2) is 8.92. The second-order valence-corrected chi connectivity index (χ2v) is 9.23.